The van der Waals surface area contributed by atoms with Crippen molar-refractivity contribution in [3.8, 4) is 5.75 Å². The molecule has 6 nitrogen and oxygen atoms in total. The first kappa shape index (κ1) is 22.5. The highest BCUT2D eigenvalue weighted by molar-refractivity contribution is 14.0. The lowest BCUT2D eigenvalue weighted by molar-refractivity contribution is 0.155. The number of aliphatic imine (C=N–C) groups is 1. The minimum absolute atomic E-state index is 0. The third-order valence-corrected chi connectivity index (χ3v) is 4.92. The van der Waals surface area contributed by atoms with Crippen molar-refractivity contribution in [1.82, 2.24) is 15.6 Å². The second kappa shape index (κ2) is 11.3. The Labute approximate surface area is 184 Å². The van der Waals surface area contributed by atoms with Gasteiger partial charge in [-0.25, -0.2) is 4.98 Å². The number of rotatable bonds is 6. The number of ether oxygens (including phenoxy) is 1. The summed E-state index contributed by atoms with van der Waals surface area (Å²) in [4.78, 5) is 8.63. The molecule has 1 aromatic carbocycles. The molecule has 1 saturated carbocycles. The summed E-state index contributed by atoms with van der Waals surface area (Å²) >= 11 is 0. The van der Waals surface area contributed by atoms with Crippen molar-refractivity contribution in [1.29, 1.82) is 0 Å². The van der Waals surface area contributed by atoms with Crippen LogP contribution in [0.2, 0.25) is 0 Å². The number of hydrogen-bond donors (Lipinski definition) is 2. The highest BCUT2D eigenvalue weighted by atomic mass is 127. The van der Waals surface area contributed by atoms with E-state index in [9.17, 15) is 0 Å². The van der Waals surface area contributed by atoms with Crippen LogP contribution in [0, 0.1) is 13.8 Å². The predicted molar refractivity (Wildman–Crippen MR) is 122 cm³/mol. The van der Waals surface area contributed by atoms with Gasteiger partial charge in [0.25, 0.3) is 0 Å². The van der Waals surface area contributed by atoms with Gasteiger partial charge in [-0.2, -0.15) is 0 Å². The Hall–Kier alpha value is -1.77. The number of nitrogens with one attached hydrogen (secondary N) is 2. The van der Waals surface area contributed by atoms with Crippen molar-refractivity contribution in [3.63, 3.8) is 0 Å². The van der Waals surface area contributed by atoms with Gasteiger partial charge in [-0.15, -0.1) is 24.0 Å². The molecule has 0 atom stereocenters. The van der Waals surface area contributed by atoms with Gasteiger partial charge in [0.2, 0.25) is 5.89 Å². The highest BCUT2D eigenvalue weighted by Crippen LogP contribution is 2.23. The van der Waals surface area contributed by atoms with E-state index in [1.165, 1.54) is 32.1 Å². The average Bonchev–Trinajstić information content (AvgIpc) is 3.01. The van der Waals surface area contributed by atoms with E-state index in [1.807, 2.05) is 26.0 Å². The van der Waals surface area contributed by atoms with E-state index >= 15 is 0 Å². The minimum Gasteiger partial charge on any atom is -0.490 e. The van der Waals surface area contributed by atoms with Crippen molar-refractivity contribution in [3.05, 3.63) is 47.2 Å². The Bertz CT molecular complexity index is 750. The molecule has 0 saturated heterocycles. The maximum atomic E-state index is 6.15. The normalized spacial score (nSPS) is 15.0. The fourth-order valence-corrected chi connectivity index (χ4v) is 3.28. The molecular formula is C21H31IN4O2. The van der Waals surface area contributed by atoms with Crippen molar-refractivity contribution >= 4 is 29.9 Å². The van der Waals surface area contributed by atoms with E-state index in [1.54, 1.807) is 7.05 Å². The fraction of sp³-hybridized carbons (Fsp3) is 0.524. The van der Waals surface area contributed by atoms with Crippen molar-refractivity contribution in [2.45, 2.75) is 65.1 Å². The highest BCUT2D eigenvalue weighted by Gasteiger charge is 2.14. The van der Waals surface area contributed by atoms with Gasteiger partial charge in [-0.3, -0.25) is 4.99 Å². The van der Waals surface area contributed by atoms with Crippen LogP contribution in [0.5, 0.6) is 5.75 Å². The van der Waals surface area contributed by atoms with Crippen LogP contribution in [-0.2, 0) is 13.1 Å². The standard InChI is InChI=1S/C21H30N4O2.HI/c1-15-16(2)26-20(25-15)14-24-21(22-3)23-13-17-8-7-11-19(12-17)27-18-9-5-4-6-10-18;/h7-8,11-12,18H,4-6,9-10,13-14H2,1-3H3,(H2,22,23,24);1H. The molecule has 1 heterocycles. The molecule has 2 aromatic rings. The van der Waals surface area contributed by atoms with E-state index in [4.69, 9.17) is 9.15 Å². The lowest BCUT2D eigenvalue weighted by Gasteiger charge is -2.23. The van der Waals surface area contributed by atoms with E-state index < -0.39 is 0 Å². The quantitative estimate of drug-likeness (QED) is 0.349. The molecule has 154 valence electrons. The monoisotopic (exact) mass is 498 g/mol. The number of aromatic nitrogens is 1. The van der Waals surface area contributed by atoms with Gasteiger partial charge < -0.3 is 19.8 Å². The van der Waals surface area contributed by atoms with Crippen molar-refractivity contribution in [2.24, 2.45) is 4.99 Å². The molecule has 0 aliphatic heterocycles. The van der Waals surface area contributed by atoms with E-state index in [-0.39, 0.29) is 24.0 Å². The topological polar surface area (TPSA) is 71.7 Å². The summed E-state index contributed by atoms with van der Waals surface area (Å²) in [6, 6.07) is 8.28. The molecule has 7 heteroatoms. The second-order valence-electron chi connectivity index (χ2n) is 7.05. The zero-order valence-electron chi connectivity index (χ0n) is 17.0. The van der Waals surface area contributed by atoms with Crippen LogP contribution in [0.15, 0.2) is 33.7 Å². The van der Waals surface area contributed by atoms with Crippen molar-refractivity contribution < 1.29 is 9.15 Å². The smallest absolute Gasteiger partial charge is 0.214 e. The number of hydrogen-bond acceptors (Lipinski definition) is 4. The van der Waals surface area contributed by atoms with Crippen LogP contribution < -0.4 is 15.4 Å². The SMILES string of the molecule is CN=C(NCc1cccc(OC2CCCCC2)c1)NCc1nc(C)c(C)o1.I. The van der Waals surface area contributed by atoms with Crippen LogP contribution >= 0.6 is 24.0 Å². The predicted octanol–water partition coefficient (Wildman–Crippen LogP) is 4.49. The number of halogens is 1. The van der Waals surface area contributed by atoms with Crippen molar-refractivity contribution in [2.75, 3.05) is 7.05 Å². The Balaban J connectivity index is 0.00000280. The molecule has 0 radical (unpaired) electrons. The molecule has 1 aromatic heterocycles. The molecule has 1 aliphatic carbocycles. The second-order valence-corrected chi connectivity index (χ2v) is 7.05. The Morgan fingerprint density at radius 2 is 1.93 bits per heavy atom. The van der Waals surface area contributed by atoms with Crippen LogP contribution in [0.3, 0.4) is 0 Å². The summed E-state index contributed by atoms with van der Waals surface area (Å²) in [5, 5.41) is 6.55. The molecule has 0 amide bonds. The average molecular weight is 498 g/mol. The van der Waals surface area contributed by atoms with Gasteiger partial charge in [-0.05, 0) is 57.2 Å². The first-order valence-electron chi connectivity index (χ1n) is 9.77. The Kier molecular flexibility index (Phi) is 9.08. The molecule has 0 bridgehead atoms. The first-order valence-corrected chi connectivity index (χ1v) is 9.77. The zero-order chi connectivity index (χ0) is 19.1. The Morgan fingerprint density at radius 1 is 1.18 bits per heavy atom. The molecule has 3 rings (SSSR count). The lowest BCUT2D eigenvalue weighted by Crippen LogP contribution is -2.36. The largest absolute Gasteiger partial charge is 0.490 e. The zero-order valence-corrected chi connectivity index (χ0v) is 19.3. The molecule has 2 N–H and O–H groups in total. The van der Waals surface area contributed by atoms with Gasteiger partial charge in [0.05, 0.1) is 18.3 Å². The van der Waals surface area contributed by atoms with Crippen LogP contribution in [0.1, 0.15) is 55.0 Å². The number of aryl methyl sites for hydroxylation is 2. The molecule has 1 fully saturated rings. The maximum absolute atomic E-state index is 6.15. The van der Waals surface area contributed by atoms with E-state index in [0.717, 1.165) is 22.8 Å². The van der Waals surface area contributed by atoms with Crippen LogP contribution in [0.4, 0.5) is 0 Å². The summed E-state index contributed by atoms with van der Waals surface area (Å²) in [5.41, 5.74) is 2.08. The lowest BCUT2D eigenvalue weighted by atomic mass is 9.98. The molecule has 28 heavy (non-hydrogen) atoms. The van der Waals surface area contributed by atoms with Gasteiger partial charge in [0.15, 0.2) is 5.96 Å². The molecule has 0 spiro atoms. The fourth-order valence-electron chi connectivity index (χ4n) is 3.28. The number of oxazole rings is 1. The number of guanidine groups is 1. The van der Waals surface area contributed by atoms with Crippen LogP contribution in [0.25, 0.3) is 0 Å². The van der Waals surface area contributed by atoms with E-state index in [2.05, 4.69) is 32.7 Å². The minimum atomic E-state index is 0. The van der Waals surface area contributed by atoms with Gasteiger partial charge in [0, 0.05) is 13.6 Å². The van der Waals surface area contributed by atoms with Gasteiger partial charge >= 0.3 is 0 Å². The van der Waals surface area contributed by atoms with Crippen LogP contribution in [-0.4, -0.2) is 24.1 Å². The maximum Gasteiger partial charge on any atom is 0.214 e. The summed E-state index contributed by atoms with van der Waals surface area (Å²) in [6.07, 6.45) is 6.58. The van der Waals surface area contributed by atoms with Gasteiger partial charge in [0.1, 0.15) is 11.5 Å². The number of benzene rings is 1. The molecule has 0 unspecified atom stereocenters. The van der Waals surface area contributed by atoms with Gasteiger partial charge in [-0.1, -0.05) is 18.6 Å². The summed E-state index contributed by atoms with van der Waals surface area (Å²) < 4.78 is 11.7. The summed E-state index contributed by atoms with van der Waals surface area (Å²) in [7, 11) is 1.75. The summed E-state index contributed by atoms with van der Waals surface area (Å²) in [6.45, 7) is 5.03. The third kappa shape index (κ3) is 6.68. The molecule has 1 aliphatic rings. The summed E-state index contributed by atoms with van der Waals surface area (Å²) in [5.74, 6) is 3.18. The third-order valence-electron chi connectivity index (χ3n) is 4.92. The van der Waals surface area contributed by atoms with E-state index in [0.29, 0.717) is 31.0 Å². The number of nitrogens with zero attached hydrogens (tertiary/aromatic N) is 2. The molecular weight excluding hydrogens is 467 g/mol. The first-order chi connectivity index (χ1) is 13.1. The Morgan fingerprint density at radius 3 is 2.61 bits per heavy atom.